The molecule has 2 aromatic carbocycles. The second-order valence-electron chi connectivity index (χ2n) is 10.7. The van der Waals surface area contributed by atoms with E-state index in [1.54, 1.807) is 13.3 Å². The summed E-state index contributed by atoms with van der Waals surface area (Å²) in [6, 6.07) is 15.2. The normalized spacial score (nSPS) is 16.9. The molecule has 1 aromatic heterocycles. The highest BCUT2D eigenvalue weighted by Crippen LogP contribution is 2.34. The molecule has 0 bridgehead atoms. The van der Waals surface area contributed by atoms with E-state index in [9.17, 15) is 0 Å². The molecule has 0 unspecified atom stereocenters. The van der Waals surface area contributed by atoms with Crippen LogP contribution < -0.4 is 20.3 Å². The Morgan fingerprint density at radius 2 is 1.74 bits per heavy atom. The molecule has 0 amide bonds. The van der Waals surface area contributed by atoms with Crippen LogP contribution in [0.25, 0.3) is 0 Å². The Morgan fingerprint density at radius 3 is 2.49 bits per heavy atom. The fourth-order valence-corrected chi connectivity index (χ4v) is 5.77. The molecule has 0 aliphatic carbocycles. The van der Waals surface area contributed by atoms with Crippen LogP contribution in [0.4, 0.5) is 28.8 Å². The van der Waals surface area contributed by atoms with Crippen molar-refractivity contribution in [2.24, 2.45) is 0 Å². The van der Waals surface area contributed by atoms with Gasteiger partial charge in [-0.1, -0.05) is 36.2 Å². The molecule has 0 saturated carbocycles. The van der Waals surface area contributed by atoms with Crippen LogP contribution in [0, 0.1) is 0 Å². The van der Waals surface area contributed by atoms with E-state index in [0.717, 1.165) is 48.4 Å². The number of piperidine rings is 2. The van der Waals surface area contributed by atoms with Crippen LogP contribution in [0.1, 0.15) is 37.7 Å². The first-order chi connectivity index (χ1) is 19.0. The number of nitrogens with one attached hydrogen (secondary N) is 2. The van der Waals surface area contributed by atoms with E-state index in [1.165, 1.54) is 50.9 Å². The number of rotatable bonds is 9. The third-order valence-corrected chi connectivity index (χ3v) is 7.95. The maximum Gasteiger partial charge on any atom is 0.229 e. The minimum atomic E-state index is 0.445. The third kappa shape index (κ3) is 6.93. The standard InChI is InChI=1S/C30H40ClN7O/c1-36(2)21-22-9-5-6-10-26(22)33-29-25(31)20-32-30(35-29)34-27-12-11-24(19-28(27)39-3)38-17-13-23(14-18-38)37-15-7-4-8-16-37/h5-6,9-12,19-20,23H,4,7-8,13-18,21H2,1-3H3,(H2,32,33,34,35). The zero-order valence-electron chi connectivity index (χ0n) is 23.3. The van der Waals surface area contributed by atoms with E-state index >= 15 is 0 Å². The SMILES string of the molecule is COc1cc(N2CCC(N3CCCCC3)CC2)ccc1Nc1ncc(Cl)c(Nc2ccccc2CN(C)C)n1. The number of aromatic nitrogens is 2. The lowest BCUT2D eigenvalue weighted by Gasteiger charge is -2.41. The summed E-state index contributed by atoms with van der Waals surface area (Å²) in [5.74, 6) is 1.75. The number of methoxy groups -OCH3 is 1. The van der Waals surface area contributed by atoms with Gasteiger partial charge in [0.05, 0.1) is 19.0 Å². The van der Waals surface area contributed by atoms with Gasteiger partial charge in [-0.25, -0.2) is 4.98 Å². The fourth-order valence-electron chi connectivity index (χ4n) is 5.64. The van der Waals surface area contributed by atoms with Crippen molar-refractivity contribution in [3.05, 3.63) is 59.2 Å². The molecule has 3 aromatic rings. The van der Waals surface area contributed by atoms with E-state index in [-0.39, 0.29) is 0 Å². The summed E-state index contributed by atoms with van der Waals surface area (Å²) in [6.07, 6.45) is 8.14. The Morgan fingerprint density at radius 1 is 0.974 bits per heavy atom. The molecule has 2 saturated heterocycles. The smallest absolute Gasteiger partial charge is 0.229 e. The monoisotopic (exact) mass is 549 g/mol. The van der Waals surface area contributed by atoms with Crippen molar-refractivity contribution in [1.82, 2.24) is 19.8 Å². The number of para-hydroxylation sites is 1. The van der Waals surface area contributed by atoms with Gasteiger partial charge in [0.15, 0.2) is 5.82 Å². The van der Waals surface area contributed by atoms with Crippen molar-refractivity contribution in [3.8, 4) is 5.75 Å². The molecule has 8 nitrogen and oxygen atoms in total. The van der Waals surface area contributed by atoms with Crippen molar-refractivity contribution >= 4 is 40.4 Å². The van der Waals surface area contributed by atoms with Crippen LogP contribution in [-0.2, 0) is 6.54 Å². The van der Waals surface area contributed by atoms with E-state index < -0.39 is 0 Å². The van der Waals surface area contributed by atoms with E-state index in [4.69, 9.17) is 16.3 Å². The third-order valence-electron chi connectivity index (χ3n) is 7.67. The van der Waals surface area contributed by atoms with Gasteiger partial charge in [0.1, 0.15) is 10.8 Å². The van der Waals surface area contributed by atoms with Gasteiger partial charge in [0.2, 0.25) is 5.95 Å². The first-order valence-electron chi connectivity index (χ1n) is 14.0. The van der Waals surface area contributed by atoms with Crippen molar-refractivity contribution in [1.29, 1.82) is 0 Å². The number of halogens is 1. The van der Waals surface area contributed by atoms with Gasteiger partial charge >= 0.3 is 0 Å². The summed E-state index contributed by atoms with van der Waals surface area (Å²) < 4.78 is 5.77. The highest BCUT2D eigenvalue weighted by molar-refractivity contribution is 6.32. The maximum absolute atomic E-state index is 6.47. The number of anilines is 5. The topological polar surface area (TPSA) is 68.8 Å². The van der Waals surface area contributed by atoms with Gasteiger partial charge < -0.3 is 30.1 Å². The largest absolute Gasteiger partial charge is 0.494 e. The molecule has 0 radical (unpaired) electrons. The molecule has 0 spiro atoms. The molecule has 39 heavy (non-hydrogen) atoms. The first kappa shape index (κ1) is 27.5. The highest BCUT2D eigenvalue weighted by atomic mass is 35.5. The number of likely N-dealkylation sites (tertiary alicyclic amines) is 1. The predicted octanol–water partition coefficient (Wildman–Crippen LogP) is 6.14. The number of benzene rings is 2. The minimum absolute atomic E-state index is 0.445. The predicted molar refractivity (Wildman–Crippen MR) is 161 cm³/mol. The van der Waals surface area contributed by atoms with Gasteiger partial charge in [-0.05, 0) is 76.6 Å². The molecule has 2 fully saturated rings. The van der Waals surface area contributed by atoms with Crippen molar-refractivity contribution in [2.75, 3.05) is 62.9 Å². The lowest BCUT2D eigenvalue weighted by molar-refractivity contribution is 0.141. The quantitative estimate of drug-likeness (QED) is 0.330. The number of nitrogens with zero attached hydrogens (tertiary/aromatic N) is 5. The van der Waals surface area contributed by atoms with Crippen molar-refractivity contribution in [2.45, 2.75) is 44.7 Å². The van der Waals surface area contributed by atoms with Crippen LogP contribution in [-0.4, -0.2) is 73.2 Å². The molecule has 2 N–H and O–H groups in total. The molecule has 0 atom stereocenters. The highest BCUT2D eigenvalue weighted by Gasteiger charge is 2.26. The zero-order valence-corrected chi connectivity index (χ0v) is 24.0. The van der Waals surface area contributed by atoms with Crippen LogP contribution in [0.2, 0.25) is 5.02 Å². The Labute approximate surface area is 237 Å². The summed E-state index contributed by atoms with van der Waals surface area (Å²) in [5.41, 5.74) is 4.12. The maximum atomic E-state index is 6.47. The summed E-state index contributed by atoms with van der Waals surface area (Å²) in [6.45, 7) is 5.48. The van der Waals surface area contributed by atoms with Crippen LogP contribution >= 0.6 is 11.6 Å². The Hall–Kier alpha value is -3.07. The van der Waals surface area contributed by atoms with Crippen LogP contribution in [0.3, 0.4) is 0 Å². The van der Waals surface area contributed by atoms with E-state index in [1.807, 2.05) is 38.4 Å². The lowest BCUT2D eigenvalue weighted by Crippen LogP contribution is -2.46. The molecular weight excluding hydrogens is 510 g/mol. The lowest BCUT2D eigenvalue weighted by atomic mass is 9.99. The van der Waals surface area contributed by atoms with E-state index in [0.29, 0.717) is 16.8 Å². The van der Waals surface area contributed by atoms with Gasteiger partial charge in [-0.2, -0.15) is 4.98 Å². The summed E-state index contributed by atoms with van der Waals surface area (Å²) in [7, 11) is 5.80. The molecule has 5 rings (SSSR count). The summed E-state index contributed by atoms with van der Waals surface area (Å²) >= 11 is 6.47. The second kappa shape index (κ2) is 12.9. The Balaban J connectivity index is 1.27. The molecule has 3 heterocycles. The minimum Gasteiger partial charge on any atom is -0.494 e. The zero-order chi connectivity index (χ0) is 27.2. The van der Waals surface area contributed by atoms with Crippen molar-refractivity contribution < 1.29 is 4.74 Å². The van der Waals surface area contributed by atoms with Gasteiger partial charge in [0, 0.05) is 43.1 Å². The second-order valence-corrected chi connectivity index (χ2v) is 11.1. The molecule has 2 aliphatic rings. The van der Waals surface area contributed by atoms with Gasteiger partial charge in [-0.15, -0.1) is 0 Å². The van der Waals surface area contributed by atoms with Crippen molar-refractivity contribution in [3.63, 3.8) is 0 Å². The summed E-state index contributed by atoms with van der Waals surface area (Å²) in [4.78, 5) is 16.4. The molecule has 208 valence electrons. The number of hydrogen-bond donors (Lipinski definition) is 2. The van der Waals surface area contributed by atoms with Crippen LogP contribution in [0.5, 0.6) is 5.75 Å². The molecular formula is C30H40ClN7O. The summed E-state index contributed by atoms with van der Waals surface area (Å²) in [5, 5.41) is 7.17. The Kier molecular flexibility index (Phi) is 9.06. The number of ether oxygens (including phenoxy) is 1. The number of hydrogen-bond acceptors (Lipinski definition) is 8. The average molecular weight is 550 g/mol. The fraction of sp³-hybridized carbons (Fsp3) is 0.467. The van der Waals surface area contributed by atoms with Gasteiger partial charge in [0.25, 0.3) is 0 Å². The first-order valence-corrected chi connectivity index (χ1v) is 14.3. The molecule has 9 heteroatoms. The molecule has 2 aliphatic heterocycles. The van der Waals surface area contributed by atoms with Crippen LogP contribution in [0.15, 0.2) is 48.7 Å². The van der Waals surface area contributed by atoms with E-state index in [2.05, 4.69) is 53.5 Å². The Bertz CT molecular complexity index is 1240. The average Bonchev–Trinajstić information content (AvgIpc) is 2.96. The van der Waals surface area contributed by atoms with Gasteiger partial charge in [-0.3, -0.25) is 0 Å².